The number of hydrogen-bond acceptors (Lipinski definition) is 4. The van der Waals surface area contributed by atoms with Crippen LogP contribution in [0.2, 0.25) is 10.0 Å². The maximum Gasteiger partial charge on any atom is 0.408 e. The normalized spacial score (nSPS) is 11.2. The summed E-state index contributed by atoms with van der Waals surface area (Å²) in [6.45, 7) is 0.0519. The molecule has 3 aromatic rings. The van der Waals surface area contributed by atoms with Crippen LogP contribution in [0.3, 0.4) is 0 Å². The SMILES string of the molecule is O=C(N[C@@H](Cc1ccccc1)C(=O)NNC(=O)c1cc(Cl)ccc1Cl)OCc1ccccc1. The predicted molar refractivity (Wildman–Crippen MR) is 126 cm³/mol. The first-order valence-electron chi connectivity index (χ1n) is 9.99. The summed E-state index contributed by atoms with van der Waals surface area (Å²) in [7, 11) is 0. The first-order valence-corrected chi connectivity index (χ1v) is 10.7. The largest absolute Gasteiger partial charge is 0.445 e. The van der Waals surface area contributed by atoms with E-state index < -0.39 is 23.9 Å². The summed E-state index contributed by atoms with van der Waals surface area (Å²) < 4.78 is 5.22. The van der Waals surface area contributed by atoms with Gasteiger partial charge in [-0.25, -0.2) is 4.79 Å². The molecule has 0 saturated heterocycles. The fraction of sp³-hybridized carbons (Fsp3) is 0.125. The number of hydrazine groups is 1. The van der Waals surface area contributed by atoms with Gasteiger partial charge in [0.1, 0.15) is 12.6 Å². The highest BCUT2D eigenvalue weighted by atomic mass is 35.5. The molecule has 0 unspecified atom stereocenters. The van der Waals surface area contributed by atoms with Crippen molar-refractivity contribution in [3.63, 3.8) is 0 Å². The molecule has 3 amide bonds. The lowest BCUT2D eigenvalue weighted by Crippen LogP contribution is -2.53. The Morgan fingerprint density at radius 3 is 2.12 bits per heavy atom. The molecule has 0 radical (unpaired) electrons. The third kappa shape index (κ3) is 7.52. The smallest absolute Gasteiger partial charge is 0.408 e. The van der Waals surface area contributed by atoms with E-state index in [1.54, 1.807) is 6.07 Å². The van der Waals surface area contributed by atoms with Crippen molar-refractivity contribution < 1.29 is 19.1 Å². The number of hydrogen-bond donors (Lipinski definition) is 3. The van der Waals surface area contributed by atoms with Crippen molar-refractivity contribution in [1.29, 1.82) is 0 Å². The van der Waals surface area contributed by atoms with Crippen LogP contribution in [0.5, 0.6) is 0 Å². The molecule has 3 N–H and O–H groups in total. The van der Waals surface area contributed by atoms with Gasteiger partial charge in [0.15, 0.2) is 0 Å². The number of alkyl carbamates (subject to hydrolysis) is 1. The number of benzene rings is 3. The van der Waals surface area contributed by atoms with Gasteiger partial charge in [-0.05, 0) is 29.3 Å². The van der Waals surface area contributed by atoms with Crippen molar-refractivity contribution >= 4 is 41.1 Å². The van der Waals surface area contributed by atoms with Gasteiger partial charge in [0.25, 0.3) is 11.8 Å². The third-order valence-corrected chi connectivity index (χ3v) is 5.14. The molecule has 0 aliphatic heterocycles. The zero-order valence-electron chi connectivity index (χ0n) is 17.4. The van der Waals surface area contributed by atoms with Crippen LogP contribution in [-0.2, 0) is 22.6 Å². The van der Waals surface area contributed by atoms with E-state index in [2.05, 4.69) is 16.2 Å². The number of carbonyl (C=O) groups excluding carboxylic acids is 3. The van der Waals surface area contributed by atoms with Gasteiger partial charge in [-0.2, -0.15) is 0 Å². The van der Waals surface area contributed by atoms with Gasteiger partial charge >= 0.3 is 6.09 Å². The van der Waals surface area contributed by atoms with Gasteiger partial charge in [0.05, 0.1) is 10.6 Å². The van der Waals surface area contributed by atoms with E-state index in [1.165, 1.54) is 12.1 Å². The molecule has 7 nitrogen and oxygen atoms in total. The standard InChI is InChI=1S/C24H21Cl2N3O4/c25-18-11-12-20(26)19(14-18)22(30)28-29-23(31)21(13-16-7-3-1-4-8-16)27-24(32)33-15-17-9-5-2-6-10-17/h1-12,14,21H,13,15H2,(H,27,32)(H,28,30)(H,29,31)/t21-/m0/s1. The summed E-state index contributed by atoms with van der Waals surface area (Å²) in [5.74, 6) is -1.29. The summed E-state index contributed by atoms with van der Waals surface area (Å²) in [5, 5.41) is 3.04. The van der Waals surface area contributed by atoms with Gasteiger partial charge < -0.3 is 10.1 Å². The van der Waals surface area contributed by atoms with E-state index in [1.807, 2.05) is 60.7 Å². The highest BCUT2D eigenvalue weighted by Gasteiger charge is 2.23. The highest BCUT2D eigenvalue weighted by molar-refractivity contribution is 6.35. The minimum absolute atomic E-state index is 0.0519. The van der Waals surface area contributed by atoms with Gasteiger partial charge in [-0.1, -0.05) is 83.9 Å². The minimum atomic E-state index is -1.01. The van der Waals surface area contributed by atoms with E-state index in [4.69, 9.17) is 27.9 Å². The third-order valence-electron chi connectivity index (χ3n) is 4.58. The second-order valence-corrected chi connectivity index (χ2v) is 7.86. The van der Waals surface area contributed by atoms with E-state index in [9.17, 15) is 14.4 Å². The Bertz CT molecular complexity index is 1110. The number of rotatable bonds is 7. The van der Waals surface area contributed by atoms with Crippen LogP contribution in [0.15, 0.2) is 78.9 Å². The molecule has 0 fully saturated rings. The summed E-state index contributed by atoms with van der Waals surface area (Å²) in [6.07, 6.45) is -0.583. The Labute approximate surface area is 201 Å². The zero-order chi connectivity index (χ0) is 23.6. The summed E-state index contributed by atoms with van der Waals surface area (Å²) in [5.41, 5.74) is 6.32. The van der Waals surface area contributed by atoms with Crippen LogP contribution in [-0.4, -0.2) is 23.9 Å². The number of carbonyl (C=O) groups is 3. The average Bonchev–Trinajstić information content (AvgIpc) is 2.83. The lowest BCUT2D eigenvalue weighted by Gasteiger charge is -2.19. The van der Waals surface area contributed by atoms with Crippen LogP contribution in [0.25, 0.3) is 0 Å². The molecular formula is C24H21Cl2N3O4. The highest BCUT2D eigenvalue weighted by Crippen LogP contribution is 2.20. The fourth-order valence-electron chi connectivity index (χ4n) is 2.91. The second kappa shape index (κ2) is 11.9. The van der Waals surface area contributed by atoms with Crippen molar-refractivity contribution in [2.45, 2.75) is 19.1 Å². The Morgan fingerprint density at radius 1 is 0.818 bits per heavy atom. The second-order valence-electron chi connectivity index (χ2n) is 7.02. The Kier molecular flexibility index (Phi) is 8.69. The fourth-order valence-corrected chi connectivity index (χ4v) is 3.29. The molecule has 0 saturated carbocycles. The van der Waals surface area contributed by atoms with Crippen LogP contribution in [0.1, 0.15) is 21.5 Å². The molecule has 0 aliphatic carbocycles. The quantitative estimate of drug-likeness (QED) is 0.434. The monoisotopic (exact) mass is 485 g/mol. The Balaban J connectivity index is 1.63. The summed E-state index contributed by atoms with van der Waals surface area (Å²) in [6, 6.07) is 21.7. The molecule has 0 heterocycles. The lowest BCUT2D eigenvalue weighted by molar-refractivity contribution is -0.123. The van der Waals surface area contributed by atoms with Crippen LogP contribution in [0, 0.1) is 0 Å². The van der Waals surface area contributed by atoms with Crippen molar-refractivity contribution in [1.82, 2.24) is 16.2 Å². The van der Waals surface area contributed by atoms with Crippen LogP contribution >= 0.6 is 23.2 Å². The maximum atomic E-state index is 12.8. The molecule has 170 valence electrons. The van der Waals surface area contributed by atoms with Crippen molar-refractivity contribution in [2.24, 2.45) is 0 Å². The van der Waals surface area contributed by atoms with E-state index in [0.717, 1.165) is 11.1 Å². The first-order chi connectivity index (χ1) is 15.9. The van der Waals surface area contributed by atoms with E-state index in [0.29, 0.717) is 5.02 Å². The van der Waals surface area contributed by atoms with Gasteiger partial charge in [0.2, 0.25) is 0 Å². The molecule has 1 atom stereocenters. The number of ether oxygens (including phenoxy) is 1. The Morgan fingerprint density at radius 2 is 1.45 bits per heavy atom. The van der Waals surface area contributed by atoms with Gasteiger partial charge in [-0.3, -0.25) is 20.4 Å². The van der Waals surface area contributed by atoms with Crippen molar-refractivity contribution in [2.75, 3.05) is 0 Å². The Hall–Kier alpha value is -3.55. The molecule has 9 heteroatoms. The van der Waals surface area contributed by atoms with Gasteiger partial charge in [0, 0.05) is 11.4 Å². The minimum Gasteiger partial charge on any atom is -0.445 e. The summed E-state index contributed by atoms with van der Waals surface area (Å²) in [4.78, 5) is 37.5. The molecule has 0 spiro atoms. The first kappa shape index (κ1) is 24.1. The number of halogens is 2. The molecular weight excluding hydrogens is 465 g/mol. The molecule has 0 aliphatic rings. The van der Waals surface area contributed by atoms with Gasteiger partial charge in [-0.15, -0.1) is 0 Å². The molecule has 3 rings (SSSR count). The molecule has 33 heavy (non-hydrogen) atoms. The number of amides is 3. The van der Waals surface area contributed by atoms with Crippen LogP contribution in [0.4, 0.5) is 4.79 Å². The van der Waals surface area contributed by atoms with Crippen molar-refractivity contribution in [3.05, 3.63) is 106 Å². The number of nitrogens with one attached hydrogen (secondary N) is 3. The van der Waals surface area contributed by atoms with Crippen LogP contribution < -0.4 is 16.2 Å². The summed E-state index contributed by atoms with van der Waals surface area (Å²) >= 11 is 11.9. The topological polar surface area (TPSA) is 96.5 Å². The van der Waals surface area contributed by atoms with E-state index in [-0.39, 0.29) is 23.6 Å². The average molecular weight is 486 g/mol. The molecule has 3 aromatic carbocycles. The lowest BCUT2D eigenvalue weighted by atomic mass is 10.1. The molecule has 0 bridgehead atoms. The predicted octanol–water partition coefficient (Wildman–Crippen LogP) is 4.29. The van der Waals surface area contributed by atoms with Crippen molar-refractivity contribution in [3.8, 4) is 0 Å². The van der Waals surface area contributed by atoms with E-state index >= 15 is 0 Å². The maximum absolute atomic E-state index is 12.8. The zero-order valence-corrected chi connectivity index (χ0v) is 18.9. The molecule has 0 aromatic heterocycles.